The van der Waals surface area contributed by atoms with Crippen LogP contribution in [-0.4, -0.2) is 44.2 Å². The van der Waals surface area contributed by atoms with Crippen LogP contribution in [0.4, 0.5) is 0 Å². The van der Waals surface area contributed by atoms with Gasteiger partial charge in [0.05, 0.1) is 29.9 Å². The number of aromatic nitrogens is 3. The quantitative estimate of drug-likeness (QED) is 0.105. The van der Waals surface area contributed by atoms with Gasteiger partial charge < -0.3 is 9.47 Å². The third-order valence-electron chi connectivity index (χ3n) is 8.64. The van der Waals surface area contributed by atoms with Crippen molar-refractivity contribution >= 4 is 28.6 Å². The third-order valence-corrected chi connectivity index (χ3v) is 9.86. The zero-order valence-electron chi connectivity index (χ0n) is 26.0. The standard InChI is InChI=1S/C30H56IN3O3/c1-19(2)25(8)30(12,13)27-16-34(33-32-27)23(6)14-20(3)22(5)17-36-18-29(10,11)28(35)37-24(7)15-21(4)26(9)31/h16,19-26H,14-15,17-18H2,1-13H3. The van der Waals surface area contributed by atoms with E-state index in [-0.39, 0.29) is 23.5 Å². The first-order chi connectivity index (χ1) is 16.9. The van der Waals surface area contributed by atoms with Crippen LogP contribution in [0.15, 0.2) is 6.20 Å². The van der Waals surface area contributed by atoms with Crippen LogP contribution in [0.1, 0.15) is 115 Å². The second-order valence-electron chi connectivity index (χ2n) is 13.4. The van der Waals surface area contributed by atoms with Gasteiger partial charge in [0.2, 0.25) is 0 Å². The summed E-state index contributed by atoms with van der Waals surface area (Å²) in [6, 6.07) is 0.254. The Morgan fingerprint density at radius 2 is 1.54 bits per heavy atom. The Hall–Kier alpha value is -0.700. The molecule has 0 aliphatic heterocycles. The second kappa shape index (κ2) is 14.6. The van der Waals surface area contributed by atoms with Crippen LogP contribution in [-0.2, 0) is 19.7 Å². The maximum atomic E-state index is 12.8. The van der Waals surface area contributed by atoms with E-state index in [1.54, 1.807) is 0 Å². The molecule has 1 rings (SSSR count). The lowest BCUT2D eigenvalue weighted by molar-refractivity contribution is -0.163. The number of carbonyl (C=O) groups excluding carboxylic acids is 1. The number of carbonyl (C=O) groups is 1. The second-order valence-corrected chi connectivity index (χ2v) is 15.3. The molecule has 6 nitrogen and oxygen atoms in total. The summed E-state index contributed by atoms with van der Waals surface area (Å²) in [7, 11) is 0. The minimum absolute atomic E-state index is 0.0169. The summed E-state index contributed by atoms with van der Waals surface area (Å²) in [5, 5.41) is 9.03. The first kappa shape index (κ1) is 34.3. The molecule has 1 aromatic rings. The zero-order chi connectivity index (χ0) is 28.7. The fraction of sp³-hybridized carbons (Fsp3) is 0.900. The summed E-state index contributed by atoms with van der Waals surface area (Å²) >= 11 is 2.43. The van der Waals surface area contributed by atoms with Gasteiger partial charge in [0.1, 0.15) is 0 Å². The Morgan fingerprint density at radius 1 is 0.946 bits per heavy atom. The number of esters is 1. The number of halogens is 1. The van der Waals surface area contributed by atoms with E-state index in [4.69, 9.17) is 9.47 Å². The number of rotatable bonds is 16. The molecule has 216 valence electrons. The van der Waals surface area contributed by atoms with Crippen molar-refractivity contribution in [1.29, 1.82) is 0 Å². The topological polar surface area (TPSA) is 66.2 Å². The van der Waals surface area contributed by atoms with Gasteiger partial charge in [-0.25, -0.2) is 4.68 Å². The lowest BCUT2D eigenvalue weighted by atomic mass is 9.72. The van der Waals surface area contributed by atoms with Gasteiger partial charge in [-0.3, -0.25) is 4.79 Å². The molecule has 7 unspecified atom stereocenters. The van der Waals surface area contributed by atoms with Crippen LogP contribution in [0.2, 0.25) is 0 Å². The van der Waals surface area contributed by atoms with Gasteiger partial charge in [-0.1, -0.05) is 90.1 Å². The molecule has 1 aromatic heterocycles. The van der Waals surface area contributed by atoms with E-state index in [1.807, 2.05) is 25.5 Å². The summed E-state index contributed by atoms with van der Waals surface area (Å²) in [5.41, 5.74) is 0.379. The summed E-state index contributed by atoms with van der Waals surface area (Å²) in [4.78, 5) is 12.8. The van der Waals surface area contributed by atoms with Gasteiger partial charge in [0.15, 0.2) is 0 Å². The largest absolute Gasteiger partial charge is 0.462 e. The molecular formula is C30H56IN3O3. The number of hydrogen-bond acceptors (Lipinski definition) is 5. The maximum absolute atomic E-state index is 12.8. The average molecular weight is 634 g/mol. The Balaban J connectivity index is 2.57. The molecule has 0 radical (unpaired) electrons. The van der Waals surface area contributed by atoms with Crippen molar-refractivity contribution in [1.82, 2.24) is 15.0 Å². The highest BCUT2D eigenvalue weighted by molar-refractivity contribution is 14.1. The molecule has 0 aliphatic rings. The van der Waals surface area contributed by atoms with E-state index in [0.29, 0.717) is 46.7 Å². The molecule has 0 amide bonds. The molecule has 0 saturated carbocycles. The highest BCUT2D eigenvalue weighted by atomic mass is 127. The Kier molecular flexibility index (Phi) is 13.6. The van der Waals surface area contributed by atoms with Crippen molar-refractivity contribution in [3.8, 4) is 0 Å². The van der Waals surface area contributed by atoms with Crippen LogP contribution in [0, 0.1) is 35.0 Å². The Labute approximate surface area is 241 Å². The molecule has 0 saturated heterocycles. The molecule has 0 aliphatic carbocycles. The minimum atomic E-state index is -0.666. The molecule has 37 heavy (non-hydrogen) atoms. The van der Waals surface area contributed by atoms with Crippen molar-refractivity contribution in [2.24, 2.45) is 35.0 Å². The van der Waals surface area contributed by atoms with Gasteiger partial charge in [-0.2, -0.15) is 0 Å². The summed E-state index contributed by atoms with van der Waals surface area (Å²) in [6.45, 7) is 29.2. The van der Waals surface area contributed by atoms with E-state index in [9.17, 15) is 4.79 Å². The summed E-state index contributed by atoms with van der Waals surface area (Å²) < 4.78 is 14.4. The van der Waals surface area contributed by atoms with Crippen molar-refractivity contribution < 1.29 is 14.3 Å². The number of alkyl halides is 1. The molecular weight excluding hydrogens is 577 g/mol. The van der Waals surface area contributed by atoms with Crippen LogP contribution in [0.25, 0.3) is 0 Å². The fourth-order valence-electron chi connectivity index (χ4n) is 4.56. The highest BCUT2D eigenvalue weighted by Crippen LogP contribution is 2.35. The fourth-order valence-corrected chi connectivity index (χ4v) is 4.85. The van der Waals surface area contributed by atoms with Crippen molar-refractivity contribution in [3.63, 3.8) is 0 Å². The normalized spacial score (nSPS) is 18.7. The Morgan fingerprint density at radius 3 is 2.08 bits per heavy atom. The van der Waals surface area contributed by atoms with Gasteiger partial charge >= 0.3 is 5.97 Å². The van der Waals surface area contributed by atoms with E-state index in [1.165, 1.54) is 0 Å². The lowest BCUT2D eigenvalue weighted by Gasteiger charge is -2.32. The molecule has 7 atom stereocenters. The Bertz CT molecular complexity index is 821. The van der Waals surface area contributed by atoms with Crippen LogP contribution >= 0.6 is 22.6 Å². The number of hydrogen-bond donors (Lipinski definition) is 0. The summed E-state index contributed by atoms with van der Waals surface area (Å²) in [5.74, 6) is 2.22. The SMILES string of the molecule is CC(CC(C)C(C)I)OC(=O)C(C)(C)COCC(C)C(C)CC(C)n1cc(C(C)(C)C(C)C(C)C)nn1. The van der Waals surface area contributed by atoms with Crippen LogP contribution in [0.3, 0.4) is 0 Å². The van der Waals surface area contributed by atoms with E-state index >= 15 is 0 Å². The summed E-state index contributed by atoms with van der Waals surface area (Å²) in [6.07, 6.45) is 3.91. The average Bonchev–Trinajstić information content (AvgIpc) is 3.29. The number of ether oxygens (including phenoxy) is 2. The monoisotopic (exact) mass is 633 g/mol. The van der Waals surface area contributed by atoms with Crippen LogP contribution < -0.4 is 0 Å². The molecule has 0 spiro atoms. The predicted molar refractivity (Wildman–Crippen MR) is 162 cm³/mol. The van der Waals surface area contributed by atoms with Gasteiger partial charge in [0, 0.05) is 22.1 Å². The smallest absolute Gasteiger partial charge is 0.314 e. The van der Waals surface area contributed by atoms with Gasteiger partial charge in [0.25, 0.3) is 0 Å². The molecule has 0 aromatic carbocycles. The van der Waals surface area contributed by atoms with E-state index in [0.717, 1.165) is 18.5 Å². The molecule has 7 heteroatoms. The zero-order valence-corrected chi connectivity index (χ0v) is 28.1. The van der Waals surface area contributed by atoms with Crippen molar-refractivity contribution in [3.05, 3.63) is 11.9 Å². The van der Waals surface area contributed by atoms with Gasteiger partial charge in [-0.05, 0) is 70.1 Å². The van der Waals surface area contributed by atoms with Crippen LogP contribution in [0.5, 0.6) is 0 Å². The lowest BCUT2D eigenvalue weighted by Crippen LogP contribution is -2.35. The van der Waals surface area contributed by atoms with E-state index in [2.05, 4.69) is 108 Å². The van der Waals surface area contributed by atoms with Crippen molar-refractivity contribution in [2.75, 3.05) is 13.2 Å². The molecule has 1 heterocycles. The molecule has 0 bridgehead atoms. The minimum Gasteiger partial charge on any atom is -0.462 e. The maximum Gasteiger partial charge on any atom is 0.314 e. The van der Waals surface area contributed by atoms with Crippen molar-refractivity contribution in [2.45, 2.75) is 124 Å². The first-order valence-corrected chi connectivity index (χ1v) is 15.5. The highest BCUT2D eigenvalue weighted by Gasteiger charge is 2.34. The van der Waals surface area contributed by atoms with Gasteiger partial charge in [-0.15, -0.1) is 5.10 Å². The number of nitrogens with zero attached hydrogens (tertiary/aromatic N) is 3. The predicted octanol–water partition coefficient (Wildman–Crippen LogP) is 7.90. The molecule has 0 fully saturated rings. The third kappa shape index (κ3) is 10.4. The van der Waals surface area contributed by atoms with E-state index < -0.39 is 5.41 Å². The molecule has 0 N–H and O–H groups in total. The first-order valence-electron chi connectivity index (χ1n) is 14.2.